The van der Waals surface area contributed by atoms with E-state index in [1.165, 1.54) is 0 Å². The van der Waals surface area contributed by atoms with Gasteiger partial charge in [-0.1, -0.05) is 0 Å². The molecule has 0 N–H and O–H groups in total. The predicted molar refractivity (Wildman–Crippen MR) is 61.6 cm³/mol. The van der Waals surface area contributed by atoms with Crippen LogP contribution >= 0.6 is 0 Å². The van der Waals surface area contributed by atoms with Crippen molar-refractivity contribution in [2.24, 2.45) is 0 Å². The highest BCUT2D eigenvalue weighted by Crippen LogP contribution is 2.42. The fourth-order valence-corrected chi connectivity index (χ4v) is 2.12. The molecule has 1 aliphatic heterocycles. The molecule has 4 nitrogen and oxygen atoms in total. The molecule has 11 heteroatoms. The minimum Gasteiger partial charge on any atom is -0.489 e. The highest BCUT2D eigenvalue weighted by Gasteiger charge is 2.48. The number of alkyl halides is 6. The van der Waals surface area contributed by atoms with Gasteiger partial charge in [-0.2, -0.15) is 34.8 Å². The van der Waals surface area contributed by atoms with Crippen LogP contribution in [0.25, 0.3) is 5.57 Å². The number of ether oxygens (including phenoxy) is 1. The summed E-state index contributed by atoms with van der Waals surface area (Å²) in [6, 6.07) is 2.10. The van der Waals surface area contributed by atoms with E-state index in [4.69, 9.17) is 4.74 Å². The smallest absolute Gasteiger partial charge is 0.489 e. The largest absolute Gasteiger partial charge is 0.534 e. The standard InChI is InChI=1S/C11H6F6O4S/c12-10(13,14)8-3-4-20-9-5-6(1-2-7(8)9)21-22(18,19)11(15,16)17/h1-3,5H,4H2. The Morgan fingerprint density at radius 3 is 2.27 bits per heavy atom. The van der Waals surface area contributed by atoms with Crippen molar-refractivity contribution in [3.8, 4) is 11.5 Å². The predicted octanol–water partition coefficient (Wildman–Crippen LogP) is 3.25. The third-order valence-corrected chi connectivity index (χ3v) is 3.54. The number of benzene rings is 1. The van der Waals surface area contributed by atoms with Crippen molar-refractivity contribution in [1.29, 1.82) is 0 Å². The van der Waals surface area contributed by atoms with Crippen LogP contribution in [-0.2, 0) is 10.1 Å². The molecule has 22 heavy (non-hydrogen) atoms. The average molecular weight is 348 g/mol. The summed E-state index contributed by atoms with van der Waals surface area (Å²) >= 11 is 0. The van der Waals surface area contributed by atoms with Gasteiger partial charge < -0.3 is 8.92 Å². The first-order chi connectivity index (χ1) is 9.92. The van der Waals surface area contributed by atoms with E-state index in [0.717, 1.165) is 12.1 Å². The summed E-state index contributed by atoms with van der Waals surface area (Å²) < 4.78 is 105. The first kappa shape index (κ1) is 16.5. The van der Waals surface area contributed by atoms with Crippen molar-refractivity contribution in [1.82, 2.24) is 0 Å². The maximum absolute atomic E-state index is 12.7. The number of halogens is 6. The van der Waals surface area contributed by atoms with Crippen molar-refractivity contribution in [2.75, 3.05) is 6.61 Å². The van der Waals surface area contributed by atoms with Crippen molar-refractivity contribution >= 4 is 15.7 Å². The van der Waals surface area contributed by atoms with Gasteiger partial charge in [-0.05, 0) is 18.2 Å². The van der Waals surface area contributed by atoms with E-state index in [1.807, 2.05) is 0 Å². The Labute approximate surface area is 120 Å². The van der Waals surface area contributed by atoms with E-state index < -0.39 is 51.0 Å². The molecule has 0 spiro atoms. The van der Waals surface area contributed by atoms with Crippen LogP contribution in [0.1, 0.15) is 5.56 Å². The molecule has 0 radical (unpaired) electrons. The molecule has 1 heterocycles. The molecule has 1 aromatic carbocycles. The molecule has 2 rings (SSSR count). The average Bonchev–Trinajstić information content (AvgIpc) is 2.34. The molecule has 122 valence electrons. The summed E-state index contributed by atoms with van der Waals surface area (Å²) in [5.41, 5.74) is -7.10. The number of hydrogen-bond donors (Lipinski definition) is 0. The molecular weight excluding hydrogens is 342 g/mol. The van der Waals surface area contributed by atoms with Gasteiger partial charge in [0.15, 0.2) is 0 Å². The normalized spacial score (nSPS) is 15.6. The van der Waals surface area contributed by atoms with Crippen molar-refractivity contribution < 1.29 is 43.7 Å². The minimum absolute atomic E-state index is 0.421. The molecule has 0 fully saturated rings. The summed E-state index contributed by atoms with van der Waals surface area (Å²) in [4.78, 5) is 0. The lowest BCUT2D eigenvalue weighted by Gasteiger charge is -2.21. The quantitative estimate of drug-likeness (QED) is 0.468. The second-order valence-electron chi connectivity index (χ2n) is 4.07. The number of hydrogen-bond acceptors (Lipinski definition) is 4. The van der Waals surface area contributed by atoms with Gasteiger partial charge in [-0.3, -0.25) is 0 Å². The second-order valence-corrected chi connectivity index (χ2v) is 5.61. The third kappa shape index (κ3) is 3.13. The first-order valence-electron chi connectivity index (χ1n) is 5.47. The topological polar surface area (TPSA) is 52.6 Å². The van der Waals surface area contributed by atoms with E-state index in [2.05, 4.69) is 4.18 Å². The van der Waals surface area contributed by atoms with Crippen LogP contribution in [0.3, 0.4) is 0 Å². The Balaban J connectivity index is 2.37. The molecule has 1 aliphatic rings. The maximum Gasteiger partial charge on any atom is 0.534 e. The lowest BCUT2D eigenvalue weighted by atomic mass is 10.0. The highest BCUT2D eigenvalue weighted by molar-refractivity contribution is 7.88. The summed E-state index contributed by atoms with van der Waals surface area (Å²) in [5, 5.41) is 0. The van der Waals surface area contributed by atoms with Gasteiger partial charge in [0.2, 0.25) is 0 Å². The van der Waals surface area contributed by atoms with Crippen LogP contribution in [-0.4, -0.2) is 26.7 Å². The molecule has 1 aromatic rings. The van der Waals surface area contributed by atoms with Gasteiger partial charge in [-0.15, -0.1) is 0 Å². The molecular formula is C11H6F6O4S. The molecule has 0 atom stereocenters. The van der Waals surface area contributed by atoms with Gasteiger partial charge in [-0.25, -0.2) is 0 Å². The van der Waals surface area contributed by atoms with Crippen molar-refractivity contribution in [2.45, 2.75) is 11.7 Å². The Hall–Kier alpha value is -1.91. The monoisotopic (exact) mass is 348 g/mol. The van der Waals surface area contributed by atoms with E-state index in [0.29, 0.717) is 12.1 Å². The molecule has 0 amide bonds. The van der Waals surface area contributed by atoms with Gasteiger partial charge in [0.05, 0.1) is 5.57 Å². The van der Waals surface area contributed by atoms with E-state index in [9.17, 15) is 34.8 Å². The fraction of sp³-hybridized carbons (Fsp3) is 0.273. The van der Waals surface area contributed by atoms with E-state index in [1.54, 1.807) is 0 Å². The van der Waals surface area contributed by atoms with Crippen LogP contribution in [0.5, 0.6) is 11.5 Å². The number of rotatable bonds is 2. The van der Waals surface area contributed by atoms with Crippen LogP contribution < -0.4 is 8.92 Å². The fourth-order valence-electron chi connectivity index (χ4n) is 1.66. The molecule has 0 aliphatic carbocycles. The summed E-state index contributed by atoms with van der Waals surface area (Å²) in [6.45, 7) is -0.461. The van der Waals surface area contributed by atoms with Gasteiger partial charge in [0, 0.05) is 11.6 Å². The zero-order valence-electron chi connectivity index (χ0n) is 10.3. The Bertz CT molecular complexity index is 717. The second kappa shape index (κ2) is 5.07. The summed E-state index contributed by atoms with van der Waals surface area (Å²) in [6.07, 6.45) is -3.92. The zero-order chi connectivity index (χ0) is 16.8. The summed E-state index contributed by atoms with van der Waals surface area (Å²) in [7, 11) is -5.91. The first-order valence-corrected chi connectivity index (χ1v) is 6.88. The molecule has 0 saturated heterocycles. The lowest BCUT2D eigenvalue weighted by Crippen LogP contribution is -2.28. The molecule has 0 saturated carbocycles. The highest BCUT2D eigenvalue weighted by atomic mass is 32.2. The van der Waals surface area contributed by atoms with Crippen LogP contribution in [0.15, 0.2) is 24.3 Å². The Morgan fingerprint density at radius 1 is 1.09 bits per heavy atom. The van der Waals surface area contributed by atoms with Gasteiger partial charge in [0.25, 0.3) is 0 Å². The lowest BCUT2D eigenvalue weighted by molar-refractivity contribution is -0.0697. The summed E-state index contributed by atoms with van der Waals surface area (Å²) in [5.74, 6) is -1.23. The Morgan fingerprint density at radius 2 is 1.73 bits per heavy atom. The SMILES string of the molecule is O=S(=O)(Oc1ccc2c(c1)OCC=C2C(F)(F)F)C(F)(F)F. The van der Waals surface area contributed by atoms with Gasteiger partial charge in [0.1, 0.15) is 18.1 Å². The number of fused-ring (bicyclic) bond motifs is 1. The Kier molecular flexibility index (Phi) is 3.80. The van der Waals surface area contributed by atoms with Crippen LogP contribution in [0.2, 0.25) is 0 Å². The van der Waals surface area contributed by atoms with Crippen molar-refractivity contribution in [3.05, 3.63) is 29.8 Å². The minimum atomic E-state index is -5.91. The molecule has 0 aromatic heterocycles. The third-order valence-electron chi connectivity index (χ3n) is 2.56. The van der Waals surface area contributed by atoms with E-state index >= 15 is 0 Å². The van der Waals surface area contributed by atoms with Gasteiger partial charge >= 0.3 is 21.8 Å². The number of allylic oxidation sites excluding steroid dienone is 1. The van der Waals surface area contributed by atoms with Crippen LogP contribution in [0, 0.1) is 0 Å². The van der Waals surface area contributed by atoms with Crippen LogP contribution in [0.4, 0.5) is 26.3 Å². The molecule has 0 unspecified atom stereocenters. The zero-order valence-corrected chi connectivity index (χ0v) is 11.1. The molecule has 0 bridgehead atoms. The van der Waals surface area contributed by atoms with E-state index in [-0.39, 0.29) is 0 Å². The maximum atomic E-state index is 12.7. The van der Waals surface area contributed by atoms with Crippen molar-refractivity contribution in [3.63, 3.8) is 0 Å².